The van der Waals surface area contributed by atoms with Gasteiger partial charge >= 0.3 is 0 Å². The third-order valence-corrected chi connectivity index (χ3v) is 3.39. The van der Waals surface area contributed by atoms with E-state index < -0.39 is 0 Å². The van der Waals surface area contributed by atoms with Gasteiger partial charge in [-0.1, -0.05) is 12.1 Å². The van der Waals surface area contributed by atoms with E-state index in [1.54, 1.807) is 23.1 Å². The maximum atomic E-state index is 10.7. The first-order valence-electron chi connectivity index (χ1n) is 6.03. The molecule has 92 valence electrons. The Bertz CT molecular complexity index is 400. The van der Waals surface area contributed by atoms with Crippen LogP contribution in [-0.4, -0.2) is 38.2 Å². The van der Waals surface area contributed by atoms with Crippen LogP contribution in [0.2, 0.25) is 0 Å². The summed E-state index contributed by atoms with van der Waals surface area (Å²) in [6.45, 7) is 5.56. The molecule has 1 aromatic carbocycles. The second-order valence-electron chi connectivity index (χ2n) is 4.81. The number of hydrogen-bond acceptors (Lipinski definition) is 2. The van der Waals surface area contributed by atoms with Crippen molar-refractivity contribution in [3.8, 4) is 0 Å². The zero-order valence-corrected chi connectivity index (χ0v) is 10.1. The van der Waals surface area contributed by atoms with Crippen molar-refractivity contribution in [2.24, 2.45) is 0 Å². The van der Waals surface area contributed by atoms with Gasteiger partial charge in [-0.05, 0) is 0 Å². The van der Waals surface area contributed by atoms with Crippen LogP contribution in [0, 0.1) is 10.1 Å². The molecule has 0 aliphatic carbocycles. The SMILES string of the molecule is C[NH+]1CC[NH+](Cc2cccc([N+](=O)[O-])c2)CC1. The lowest BCUT2D eigenvalue weighted by Crippen LogP contribution is -3.26. The van der Waals surface area contributed by atoms with E-state index in [9.17, 15) is 10.1 Å². The minimum absolute atomic E-state index is 0.196. The van der Waals surface area contributed by atoms with Gasteiger partial charge in [-0.2, -0.15) is 0 Å². The number of rotatable bonds is 3. The molecule has 1 aromatic rings. The first-order chi connectivity index (χ1) is 8.15. The number of non-ortho nitro benzene ring substituents is 1. The highest BCUT2D eigenvalue weighted by atomic mass is 16.6. The Balaban J connectivity index is 1.98. The smallest absolute Gasteiger partial charge is 0.269 e. The quantitative estimate of drug-likeness (QED) is 0.497. The van der Waals surface area contributed by atoms with Crippen molar-refractivity contribution in [2.75, 3.05) is 33.2 Å². The number of nitrogens with one attached hydrogen (secondary N) is 2. The lowest BCUT2D eigenvalue weighted by atomic mass is 10.2. The summed E-state index contributed by atoms with van der Waals surface area (Å²) < 4.78 is 0. The molecule has 5 nitrogen and oxygen atoms in total. The van der Waals surface area contributed by atoms with Gasteiger partial charge in [-0.25, -0.2) is 0 Å². The third-order valence-electron chi connectivity index (χ3n) is 3.39. The lowest BCUT2D eigenvalue weighted by molar-refractivity contribution is -1.01. The van der Waals surface area contributed by atoms with E-state index in [1.807, 2.05) is 6.07 Å². The van der Waals surface area contributed by atoms with Crippen LogP contribution in [-0.2, 0) is 6.54 Å². The highest BCUT2D eigenvalue weighted by molar-refractivity contribution is 5.33. The van der Waals surface area contributed by atoms with Crippen molar-refractivity contribution in [2.45, 2.75) is 6.54 Å². The van der Waals surface area contributed by atoms with Crippen molar-refractivity contribution in [3.05, 3.63) is 39.9 Å². The molecule has 2 rings (SSSR count). The van der Waals surface area contributed by atoms with Crippen LogP contribution in [0.5, 0.6) is 0 Å². The highest BCUT2D eigenvalue weighted by Gasteiger charge is 2.20. The van der Waals surface area contributed by atoms with Gasteiger partial charge in [0.2, 0.25) is 0 Å². The van der Waals surface area contributed by atoms with Gasteiger partial charge in [0.05, 0.1) is 12.0 Å². The van der Waals surface area contributed by atoms with Crippen LogP contribution < -0.4 is 9.80 Å². The van der Waals surface area contributed by atoms with Gasteiger partial charge < -0.3 is 9.80 Å². The van der Waals surface area contributed by atoms with Crippen molar-refractivity contribution >= 4 is 5.69 Å². The molecule has 0 spiro atoms. The largest absolute Gasteiger partial charge is 0.328 e. The molecule has 0 atom stereocenters. The molecular weight excluding hydrogens is 218 g/mol. The Hall–Kier alpha value is -1.46. The second kappa shape index (κ2) is 5.25. The van der Waals surface area contributed by atoms with Crippen molar-refractivity contribution in [1.82, 2.24) is 0 Å². The standard InChI is InChI=1S/C12H17N3O2/c1-13-5-7-14(8-6-13)10-11-3-2-4-12(9-11)15(16)17/h2-4,9H,5-8,10H2,1H3/p+2. The Kier molecular flexibility index (Phi) is 3.71. The van der Waals surface area contributed by atoms with E-state index in [2.05, 4.69) is 7.05 Å². The minimum atomic E-state index is -0.326. The first-order valence-corrected chi connectivity index (χ1v) is 6.03. The van der Waals surface area contributed by atoms with E-state index in [0.717, 1.165) is 25.2 Å². The fraction of sp³-hybridized carbons (Fsp3) is 0.500. The molecule has 2 N–H and O–H groups in total. The van der Waals surface area contributed by atoms with Gasteiger partial charge in [-0.15, -0.1) is 0 Å². The normalized spacial score (nSPS) is 24.5. The molecule has 1 fully saturated rings. The van der Waals surface area contributed by atoms with Crippen LogP contribution in [0.15, 0.2) is 24.3 Å². The summed E-state index contributed by atoms with van der Waals surface area (Å²) in [7, 11) is 2.21. The average molecular weight is 237 g/mol. The monoisotopic (exact) mass is 237 g/mol. The van der Waals surface area contributed by atoms with E-state index in [4.69, 9.17) is 0 Å². The number of nitro groups is 1. The van der Waals surface area contributed by atoms with Crippen LogP contribution >= 0.6 is 0 Å². The topological polar surface area (TPSA) is 52.0 Å². The van der Waals surface area contributed by atoms with E-state index in [1.165, 1.54) is 18.0 Å². The van der Waals surface area contributed by atoms with Crippen LogP contribution in [0.3, 0.4) is 0 Å². The Morgan fingerprint density at radius 3 is 2.65 bits per heavy atom. The van der Waals surface area contributed by atoms with E-state index >= 15 is 0 Å². The molecule has 1 saturated heterocycles. The summed E-state index contributed by atoms with van der Waals surface area (Å²) >= 11 is 0. The first kappa shape index (κ1) is 12.0. The summed E-state index contributed by atoms with van der Waals surface area (Å²) in [4.78, 5) is 13.5. The molecule has 1 heterocycles. The van der Waals surface area contributed by atoms with Gasteiger partial charge in [0.1, 0.15) is 32.7 Å². The lowest BCUT2D eigenvalue weighted by Gasteiger charge is -2.27. The number of nitro benzene ring substituents is 1. The summed E-state index contributed by atoms with van der Waals surface area (Å²) in [5.41, 5.74) is 1.26. The van der Waals surface area contributed by atoms with Crippen molar-refractivity contribution in [1.29, 1.82) is 0 Å². The predicted molar refractivity (Wildman–Crippen MR) is 64.1 cm³/mol. The molecule has 0 radical (unpaired) electrons. The Morgan fingerprint density at radius 2 is 2.00 bits per heavy atom. The maximum Gasteiger partial charge on any atom is 0.269 e. The molecule has 0 bridgehead atoms. The molecule has 17 heavy (non-hydrogen) atoms. The summed E-state index contributed by atoms with van der Waals surface area (Å²) in [5, 5.41) is 10.7. The second-order valence-corrected chi connectivity index (χ2v) is 4.81. The summed E-state index contributed by atoms with van der Waals surface area (Å²) in [6, 6.07) is 6.99. The Labute approximate surface area is 101 Å². The van der Waals surface area contributed by atoms with Crippen molar-refractivity contribution < 1.29 is 14.7 Å². The molecule has 5 heteroatoms. The van der Waals surface area contributed by atoms with E-state index in [0.29, 0.717) is 0 Å². The number of quaternary nitrogens is 2. The van der Waals surface area contributed by atoms with E-state index in [-0.39, 0.29) is 10.6 Å². The van der Waals surface area contributed by atoms with Crippen LogP contribution in [0.1, 0.15) is 5.56 Å². The molecule has 0 unspecified atom stereocenters. The number of nitrogens with zero attached hydrogens (tertiary/aromatic N) is 1. The Morgan fingerprint density at radius 1 is 1.29 bits per heavy atom. The zero-order chi connectivity index (χ0) is 12.3. The van der Waals surface area contributed by atoms with Gasteiger partial charge in [-0.3, -0.25) is 10.1 Å². The fourth-order valence-electron chi connectivity index (χ4n) is 2.28. The van der Waals surface area contributed by atoms with Crippen LogP contribution in [0.25, 0.3) is 0 Å². The molecule has 0 aromatic heterocycles. The summed E-state index contributed by atoms with van der Waals surface area (Å²) in [5.74, 6) is 0. The van der Waals surface area contributed by atoms with Gasteiger partial charge in [0.15, 0.2) is 0 Å². The number of benzene rings is 1. The number of hydrogen-bond donors (Lipinski definition) is 2. The van der Waals surface area contributed by atoms with Crippen LogP contribution in [0.4, 0.5) is 5.69 Å². The third kappa shape index (κ3) is 3.25. The predicted octanol–water partition coefficient (Wildman–Crippen LogP) is -1.49. The number of likely N-dealkylation sites (N-methyl/N-ethyl adjacent to an activating group) is 1. The molecule has 0 amide bonds. The van der Waals surface area contributed by atoms with Gasteiger partial charge in [0, 0.05) is 17.7 Å². The minimum Gasteiger partial charge on any atom is -0.328 e. The highest BCUT2D eigenvalue weighted by Crippen LogP contribution is 2.12. The molecule has 1 aliphatic rings. The van der Waals surface area contributed by atoms with Gasteiger partial charge in [0.25, 0.3) is 5.69 Å². The van der Waals surface area contributed by atoms with Crippen molar-refractivity contribution in [3.63, 3.8) is 0 Å². The fourth-order valence-corrected chi connectivity index (χ4v) is 2.28. The zero-order valence-electron chi connectivity index (χ0n) is 10.1. The summed E-state index contributed by atoms with van der Waals surface area (Å²) in [6.07, 6.45) is 0. The average Bonchev–Trinajstić information content (AvgIpc) is 2.32. The molecule has 1 aliphatic heterocycles. The number of piperazine rings is 1. The maximum absolute atomic E-state index is 10.7. The molecular formula is C12H19N3O2+2. The molecule has 0 saturated carbocycles.